The number of hydrogen-bond donors (Lipinski definition) is 1. The summed E-state index contributed by atoms with van der Waals surface area (Å²) in [6.07, 6.45) is 3.99. The number of anilines is 1. The highest BCUT2D eigenvalue weighted by Gasteiger charge is 2.29. The third-order valence-corrected chi connectivity index (χ3v) is 2.87. The van der Waals surface area contributed by atoms with Crippen LogP contribution < -0.4 is 5.73 Å². The van der Waals surface area contributed by atoms with Gasteiger partial charge in [0.1, 0.15) is 5.82 Å². The second-order valence-corrected chi connectivity index (χ2v) is 4.15. The Bertz CT molecular complexity index is 512. The van der Waals surface area contributed by atoms with Crippen molar-refractivity contribution >= 4 is 5.69 Å². The molecule has 1 heterocycles. The molecule has 0 bridgehead atoms. The van der Waals surface area contributed by atoms with Crippen LogP contribution in [0.3, 0.4) is 0 Å². The van der Waals surface area contributed by atoms with Crippen LogP contribution in [0.1, 0.15) is 24.5 Å². The van der Waals surface area contributed by atoms with Crippen molar-refractivity contribution < 1.29 is 4.39 Å². The van der Waals surface area contributed by atoms with Crippen LogP contribution in [0.2, 0.25) is 0 Å². The SMILES string of the molecule is Nc1cnn(-c2ccc(F)cc2)c1C1CC1. The van der Waals surface area contributed by atoms with Crippen molar-refractivity contribution in [3.8, 4) is 5.69 Å². The molecule has 0 atom stereocenters. The molecule has 1 aromatic carbocycles. The lowest BCUT2D eigenvalue weighted by molar-refractivity contribution is 0.626. The van der Waals surface area contributed by atoms with Crippen LogP contribution in [0.5, 0.6) is 0 Å². The number of aromatic nitrogens is 2. The van der Waals surface area contributed by atoms with Crippen LogP contribution in [-0.4, -0.2) is 9.78 Å². The topological polar surface area (TPSA) is 43.8 Å². The summed E-state index contributed by atoms with van der Waals surface area (Å²) in [5, 5.41) is 4.25. The van der Waals surface area contributed by atoms with E-state index in [0.717, 1.165) is 29.9 Å². The summed E-state index contributed by atoms with van der Waals surface area (Å²) in [5.74, 6) is 0.282. The zero-order valence-electron chi connectivity index (χ0n) is 8.73. The summed E-state index contributed by atoms with van der Waals surface area (Å²) in [5.41, 5.74) is 8.54. The summed E-state index contributed by atoms with van der Waals surface area (Å²) < 4.78 is 14.6. The van der Waals surface area contributed by atoms with Crippen molar-refractivity contribution in [1.29, 1.82) is 0 Å². The fourth-order valence-electron chi connectivity index (χ4n) is 1.92. The predicted octanol–water partition coefficient (Wildman–Crippen LogP) is 2.47. The van der Waals surface area contributed by atoms with Gasteiger partial charge in [-0.05, 0) is 37.1 Å². The van der Waals surface area contributed by atoms with Crippen molar-refractivity contribution in [1.82, 2.24) is 9.78 Å². The Balaban J connectivity index is 2.08. The van der Waals surface area contributed by atoms with E-state index in [4.69, 9.17) is 5.73 Å². The van der Waals surface area contributed by atoms with Gasteiger partial charge in [0, 0.05) is 5.92 Å². The smallest absolute Gasteiger partial charge is 0.123 e. The summed E-state index contributed by atoms with van der Waals surface area (Å²) in [6.45, 7) is 0. The number of hydrogen-bond acceptors (Lipinski definition) is 2. The lowest BCUT2D eigenvalue weighted by atomic mass is 10.2. The highest BCUT2D eigenvalue weighted by Crippen LogP contribution is 2.43. The standard InChI is InChI=1S/C12H12FN3/c13-9-3-5-10(6-4-9)16-12(8-1-2-8)11(14)7-15-16/h3-8H,1-2,14H2. The van der Waals surface area contributed by atoms with Crippen LogP contribution in [0.4, 0.5) is 10.1 Å². The Morgan fingerprint density at radius 2 is 1.94 bits per heavy atom. The van der Waals surface area contributed by atoms with Gasteiger partial charge in [-0.1, -0.05) is 0 Å². The molecular weight excluding hydrogens is 205 g/mol. The number of benzene rings is 1. The maximum atomic E-state index is 12.8. The second kappa shape index (κ2) is 3.33. The second-order valence-electron chi connectivity index (χ2n) is 4.15. The first-order valence-electron chi connectivity index (χ1n) is 5.35. The van der Waals surface area contributed by atoms with Gasteiger partial charge in [-0.25, -0.2) is 9.07 Å². The van der Waals surface area contributed by atoms with E-state index in [1.54, 1.807) is 18.3 Å². The zero-order valence-corrected chi connectivity index (χ0v) is 8.73. The molecule has 1 saturated carbocycles. The van der Waals surface area contributed by atoms with Crippen molar-refractivity contribution in [2.75, 3.05) is 5.73 Å². The molecule has 1 fully saturated rings. The Labute approximate surface area is 92.7 Å². The summed E-state index contributed by atoms with van der Waals surface area (Å²) in [4.78, 5) is 0. The van der Waals surface area contributed by atoms with Gasteiger partial charge in [0.15, 0.2) is 0 Å². The van der Waals surface area contributed by atoms with Crippen LogP contribution in [0.25, 0.3) is 5.69 Å². The zero-order chi connectivity index (χ0) is 11.1. The molecule has 82 valence electrons. The van der Waals surface area contributed by atoms with Gasteiger partial charge in [0.25, 0.3) is 0 Å². The van der Waals surface area contributed by atoms with E-state index in [9.17, 15) is 4.39 Å². The van der Waals surface area contributed by atoms with Gasteiger partial charge >= 0.3 is 0 Å². The number of rotatable bonds is 2. The third kappa shape index (κ3) is 1.46. The molecule has 0 unspecified atom stereocenters. The maximum Gasteiger partial charge on any atom is 0.123 e. The summed E-state index contributed by atoms with van der Waals surface area (Å²) in [6, 6.07) is 6.30. The summed E-state index contributed by atoms with van der Waals surface area (Å²) >= 11 is 0. The highest BCUT2D eigenvalue weighted by molar-refractivity contribution is 5.49. The molecule has 2 aromatic rings. The van der Waals surface area contributed by atoms with Gasteiger partial charge in [0.2, 0.25) is 0 Å². The monoisotopic (exact) mass is 217 g/mol. The molecule has 1 aliphatic carbocycles. The van der Waals surface area contributed by atoms with E-state index < -0.39 is 0 Å². The van der Waals surface area contributed by atoms with Crippen molar-refractivity contribution in [3.63, 3.8) is 0 Å². The Hall–Kier alpha value is -1.84. The van der Waals surface area contributed by atoms with Crippen LogP contribution in [-0.2, 0) is 0 Å². The number of nitrogens with two attached hydrogens (primary N) is 1. The minimum Gasteiger partial charge on any atom is -0.396 e. The Morgan fingerprint density at radius 1 is 1.25 bits per heavy atom. The van der Waals surface area contributed by atoms with Gasteiger partial charge in [-0.2, -0.15) is 5.10 Å². The first-order chi connectivity index (χ1) is 7.75. The average molecular weight is 217 g/mol. The fraction of sp³-hybridized carbons (Fsp3) is 0.250. The molecule has 0 spiro atoms. The minimum atomic E-state index is -0.239. The van der Waals surface area contributed by atoms with E-state index in [0.29, 0.717) is 5.92 Å². The lowest BCUT2D eigenvalue weighted by Gasteiger charge is -2.06. The molecule has 1 aliphatic rings. The molecule has 0 radical (unpaired) electrons. The Morgan fingerprint density at radius 3 is 2.56 bits per heavy atom. The van der Waals surface area contributed by atoms with E-state index in [2.05, 4.69) is 5.10 Å². The quantitative estimate of drug-likeness (QED) is 0.839. The molecule has 0 amide bonds. The van der Waals surface area contributed by atoms with Gasteiger partial charge < -0.3 is 5.73 Å². The predicted molar refractivity (Wildman–Crippen MR) is 59.9 cm³/mol. The normalized spacial score (nSPS) is 15.3. The van der Waals surface area contributed by atoms with E-state index >= 15 is 0 Å². The van der Waals surface area contributed by atoms with E-state index in [1.807, 2.05) is 4.68 Å². The molecule has 4 heteroatoms. The highest BCUT2D eigenvalue weighted by atomic mass is 19.1. The number of nitrogens with zero attached hydrogens (tertiary/aromatic N) is 2. The lowest BCUT2D eigenvalue weighted by Crippen LogP contribution is -2.02. The molecule has 0 aliphatic heterocycles. The molecule has 0 saturated heterocycles. The van der Waals surface area contributed by atoms with Crippen LogP contribution in [0, 0.1) is 5.82 Å². The largest absolute Gasteiger partial charge is 0.396 e. The molecule has 2 N–H and O–H groups in total. The van der Waals surface area contributed by atoms with Crippen molar-refractivity contribution in [2.45, 2.75) is 18.8 Å². The maximum absolute atomic E-state index is 12.8. The number of halogens is 1. The van der Waals surface area contributed by atoms with Crippen molar-refractivity contribution in [3.05, 3.63) is 42.0 Å². The minimum absolute atomic E-state index is 0.239. The molecular formula is C12H12FN3. The molecule has 3 rings (SSSR count). The van der Waals surface area contributed by atoms with Gasteiger partial charge in [0.05, 0.1) is 23.3 Å². The van der Waals surface area contributed by atoms with E-state index in [-0.39, 0.29) is 5.82 Å². The average Bonchev–Trinajstić information content (AvgIpc) is 3.04. The van der Waals surface area contributed by atoms with Crippen LogP contribution in [0.15, 0.2) is 30.5 Å². The summed E-state index contributed by atoms with van der Waals surface area (Å²) in [7, 11) is 0. The fourth-order valence-corrected chi connectivity index (χ4v) is 1.92. The van der Waals surface area contributed by atoms with Gasteiger partial charge in [-0.15, -0.1) is 0 Å². The molecule has 1 aromatic heterocycles. The van der Waals surface area contributed by atoms with Gasteiger partial charge in [-0.3, -0.25) is 0 Å². The van der Waals surface area contributed by atoms with Crippen LogP contribution >= 0.6 is 0 Å². The number of nitrogen functional groups attached to an aromatic ring is 1. The third-order valence-electron chi connectivity index (χ3n) is 2.87. The van der Waals surface area contributed by atoms with E-state index in [1.165, 1.54) is 12.1 Å². The Kier molecular flexibility index (Phi) is 1.96. The first-order valence-corrected chi connectivity index (χ1v) is 5.35. The molecule has 3 nitrogen and oxygen atoms in total. The van der Waals surface area contributed by atoms with Crippen molar-refractivity contribution in [2.24, 2.45) is 0 Å². The first kappa shape index (κ1) is 9.39. The molecule has 16 heavy (non-hydrogen) atoms.